The first-order valence-electron chi connectivity index (χ1n) is 7.04. The minimum Gasteiger partial charge on any atom is -0.452 e. The lowest BCUT2D eigenvalue weighted by Crippen LogP contribution is -2.20. The van der Waals surface area contributed by atoms with E-state index in [0.29, 0.717) is 16.9 Å². The van der Waals surface area contributed by atoms with Crippen molar-refractivity contribution in [1.29, 1.82) is 0 Å². The van der Waals surface area contributed by atoms with Crippen molar-refractivity contribution in [1.82, 2.24) is 10.1 Å². The number of hydrogen-bond donors (Lipinski definition) is 1. The molecule has 2 heterocycles. The Balaban J connectivity index is 1.50. The molecule has 0 saturated heterocycles. The number of carbonyl (C=O) groups excluding carboxylic acids is 2. The van der Waals surface area contributed by atoms with Gasteiger partial charge in [-0.1, -0.05) is 17.3 Å². The number of nitrogens with zero attached hydrogens (tertiary/aromatic N) is 2. The van der Waals surface area contributed by atoms with Crippen LogP contribution in [0, 0.1) is 6.92 Å². The van der Waals surface area contributed by atoms with Crippen molar-refractivity contribution in [3.05, 3.63) is 48.1 Å². The van der Waals surface area contributed by atoms with E-state index in [2.05, 4.69) is 15.5 Å². The molecule has 3 rings (SSSR count). The maximum atomic E-state index is 11.6. The van der Waals surface area contributed by atoms with E-state index in [-0.39, 0.29) is 11.7 Å². The number of carbonyl (C=O) groups is 2. The number of fused-ring (bicyclic) bond motifs is 1. The van der Waals surface area contributed by atoms with Gasteiger partial charge in [0.1, 0.15) is 11.3 Å². The maximum Gasteiger partial charge on any atom is 0.331 e. The summed E-state index contributed by atoms with van der Waals surface area (Å²) in [5.74, 6) is -0.120. The number of hydrogen-bond acceptors (Lipinski definition) is 7. The third kappa shape index (κ3) is 3.86. The fraction of sp³-hybridized carbons (Fsp3) is 0.125. The molecule has 1 N–H and O–H groups in total. The van der Waals surface area contributed by atoms with Gasteiger partial charge in [0.25, 0.3) is 5.91 Å². The van der Waals surface area contributed by atoms with Gasteiger partial charge in [-0.25, -0.2) is 9.78 Å². The summed E-state index contributed by atoms with van der Waals surface area (Å²) >= 11 is 0. The SMILES string of the molecule is Cc1cc(NC(=O)COC(=O)/C=C/c2nc3ccccc3o2)no1. The molecule has 0 aliphatic carbocycles. The van der Waals surface area contributed by atoms with Crippen LogP contribution in [0.3, 0.4) is 0 Å². The topological polar surface area (TPSA) is 107 Å². The highest BCUT2D eigenvalue weighted by Gasteiger charge is 2.09. The van der Waals surface area contributed by atoms with E-state index >= 15 is 0 Å². The smallest absolute Gasteiger partial charge is 0.331 e. The summed E-state index contributed by atoms with van der Waals surface area (Å²) in [6.45, 7) is 1.25. The third-order valence-electron chi connectivity index (χ3n) is 2.91. The molecule has 0 bridgehead atoms. The normalized spacial score (nSPS) is 11.0. The number of nitrogens with one attached hydrogen (secondary N) is 1. The van der Waals surface area contributed by atoms with E-state index in [1.807, 2.05) is 12.1 Å². The van der Waals surface area contributed by atoms with Gasteiger partial charge in [0, 0.05) is 18.2 Å². The second-order valence-corrected chi connectivity index (χ2v) is 4.83. The minimum absolute atomic E-state index is 0.260. The highest BCUT2D eigenvalue weighted by molar-refractivity contribution is 5.94. The molecule has 0 radical (unpaired) electrons. The van der Waals surface area contributed by atoms with Crippen LogP contribution in [0.25, 0.3) is 17.2 Å². The molecule has 0 spiro atoms. The molecule has 3 aromatic rings. The highest BCUT2D eigenvalue weighted by Crippen LogP contribution is 2.15. The number of para-hydroxylation sites is 2. The number of ether oxygens (including phenoxy) is 1. The second kappa shape index (κ2) is 6.78. The predicted octanol–water partition coefficient (Wildman–Crippen LogP) is 2.32. The Morgan fingerprint density at radius 3 is 2.92 bits per heavy atom. The summed E-state index contributed by atoms with van der Waals surface area (Å²) in [7, 11) is 0. The lowest BCUT2D eigenvalue weighted by molar-refractivity contribution is -0.142. The molecule has 0 atom stereocenters. The molecule has 8 heteroatoms. The molecular formula is C16H13N3O5. The van der Waals surface area contributed by atoms with E-state index < -0.39 is 18.5 Å². The molecule has 2 aromatic heterocycles. The van der Waals surface area contributed by atoms with Crippen LogP contribution in [-0.2, 0) is 14.3 Å². The first kappa shape index (κ1) is 15.5. The Labute approximate surface area is 136 Å². The summed E-state index contributed by atoms with van der Waals surface area (Å²) in [6.07, 6.45) is 2.51. The summed E-state index contributed by atoms with van der Waals surface area (Å²) in [5, 5.41) is 6.03. The quantitative estimate of drug-likeness (QED) is 0.566. The Morgan fingerprint density at radius 1 is 1.33 bits per heavy atom. The molecule has 1 aromatic carbocycles. The molecule has 0 aliphatic heterocycles. The van der Waals surface area contributed by atoms with Crippen LogP contribution in [0.5, 0.6) is 0 Å². The number of rotatable bonds is 5. The second-order valence-electron chi connectivity index (χ2n) is 4.83. The van der Waals surface area contributed by atoms with Gasteiger partial charge < -0.3 is 19.0 Å². The predicted molar refractivity (Wildman–Crippen MR) is 83.9 cm³/mol. The molecule has 0 fully saturated rings. The van der Waals surface area contributed by atoms with Crippen molar-refractivity contribution in [2.45, 2.75) is 6.92 Å². The van der Waals surface area contributed by atoms with E-state index in [1.165, 1.54) is 6.08 Å². The van der Waals surface area contributed by atoms with Gasteiger partial charge in [0.2, 0.25) is 5.89 Å². The molecule has 24 heavy (non-hydrogen) atoms. The average Bonchev–Trinajstić information content (AvgIpc) is 3.16. The third-order valence-corrected chi connectivity index (χ3v) is 2.91. The molecule has 0 unspecified atom stereocenters. The van der Waals surface area contributed by atoms with Gasteiger partial charge in [-0.2, -0.15) is 0 Å². The lowest BCUT2D eigenvalue weighted by atomic mass is 10.3. The van der Waals surface area contributed by atoms with Gasteiger partial charge in [-0.15, -0.1) is 0 Å². The Bertz CT molecular complexity index is 876. The van der Waals surface area contributed by atoms with Crippen LogP contribution in [0.2, 0.25) is 0 Å². The van der Waals surface area contributed by atoms with E-state index in [4.69, 9.17) is 13.7 Å². The summed E-state index contributed by atoms with van der Waals surface area (Å²) in [5.41, 5.74) is 1.31. The number of amides is 1. The molecular weight excluding hydrogens is 314 g/mol. The van der Waals surface area contributed by atoms with Crippen molar-refractivity contribution < 1.29 is 23.3 Å². The molecule has 1 amide bonds. The molecule has 0 aliphatic rings. The zero-order valence-corrected chi connectivity index (χ0v) is 12.7. The fourth-order valence-electron chi connectivity index (χ4n) is 1.89. The summed E-state index contributed by atoms with van der Waals surface area (Å²) in [4.78, 5) is 27.4. The first-order valence-corrected chi connectivity index (χ1v) is 7.04. The monoisotopic (exact) mass is 327 g/mol. The van der Waals surface area contributed by atoms with E-state index in [9.17, 15) is 9.59 Å². The number of anilines is 1. The number of esters is 1. The van der Waals surface area contributed by atoms with Gasteiger partial charge in [0.15, 0.2) is 18.0 Å². The zero-order chi connectivity index (χ0) is 16.9. The summed E-state index contributed by atoms with van der Waals surface area (Å²) < 4.78 is 15.0. The molecule has 8 nitrogen and oxygen atoms in total. The Hall–Kier alpha value is -3.42. The van der Waals surface area contributed by atoms with E-state index in [1.54, 1.807) is 25.1 Å². The Kier molecular flexibility index (Phi) is 4.37. The zero-order valence-electron chi connectivity index (χ0n) is 12.7. The minimum atomic E-state index is -0.691. The van der Waals surface area contributed by atoms with Gasteiger partial charge in [-0.05, 0) is 19.1 Å². The first-order chi connectivity index (χ1) is 11.6. The number of aromatic nitrogens is 2. The maximum absolute atomic E-state index is 11.6. The number of benzene rings is 1. The Morgan fingerprint density at radius 2 is 2.17 bits per heavy atom. The van der Waals surface area contributed by atoms with Crippen molar-refractivity contribution in [3.63, 3.8) is 0 Å². The average molecular weight is 327 g/mol. The van der Waals surface area contributed by atoms with Crippen molar-refractivity contribution in [3.8, 4) is 0 Å². The highest BCUT2D eigenvalue weighted by atomic mass is 16.5. The number of oxazole rings is 1. The molecule has 0 saturated carbocycles. The van der Waals surface area contributed by atoms with Crippen LogP contribution < -0.4 is 5.32 Å². The lowest BCUT2D eigenvalue weighted by Gasteiger charge is -2.01. The van der Waals surface area contributed by atoms with Gasteiger partial charge in [-0.3, -0.25) is 4.79 Å². The summed E-state index contributed by atoms with van der Waals surface area (Å²) in [6, 6.07) is 8.77. The standard InChI is InChI=1S/C16H13N3O5/c1-10-8-13(19-24-10)18-14(20)9-22-16(21)7-6-15-17-11-4-2-3-5-12(11)23-15/h2-8H,9H2,1H3,(H,18,19,20)/b7-6+. The van der Waals surface area contributed by atoms with Crippen LogP contribution in [0.4, 0.5) is 5.82 Å². The van der Waals surface area contributed by atoms with E-state index in [0.717, 1.165) is 6.08 Å². The van der Waals surface area contributed by atoms with Crippen molar-refractivity contribution in [2.24, 2.45) is 0 Å². The van der Waals surface area contributed by atoms with Crippen LogP contribution >= 0.6 is 0 Å². The van der Waals surface area contributed by atoms with Crippen LogP contribution in [-0.4, -0.2) is 28.6 Å². The van der Waals surface area contributed by atoms with Gasteiger partial charge in [0.05, 0.1) is 0 Å². The van der Waals surface area contributed by atoms with Crippen molar-refractivity contribution in [2.75, 3.05) is 11.9 Å². The van der Waals surface area contributed by atoms with Crippen LogP contribution in [0.1, 0.15) is 11.7 Å². The largest absolute Gasteiger partial charge is 0.452 e. The fourth-order valence-corrected chi connectivity index (χ4v) is 1.89. The molecule has 122 valence electrons. The van der Waals surface area contributed by atoms with Crippen molar-refractivity contribution >= 4 is 34.9 Å². The van der Waals surface area contributed by atoms with Crippen LogP contribution in [0.15, 0.2) is 45.3 Å². The number of aryl methyl sites for hydroxylation is 1. The van der Waals surface area contributed by atoms with Gasteiger partial charge >= 0.3 is 5.97 Å².